The van der Waals surface area contributed by atoms with Crippen LogP contribution in [0.3, 0.4) is 0 Å². The number of hydrogen-bond acceptors (Lipinski definition) is 7. The summed E-state index contributed by atoms with van der Waals surface area (Å²) in [5.74, 6) is -1.45. The van der Waals surface area contributed by atoms with Crippen molar-refractivity contribution < 1.29 is 21.8 Å². The van der Waals surface area contributed by atoms with Gasteiger partial charge >= 0.3 is 10.1 Å². The van der Waals surface area contributed by atoms with E-state index in [0.29, 0.717) is 30.8 Å². The Hall–Kier alpha value is -2.79. The maximum Gasteiger partial charge on any atom is 0.306 e. The first-order valence-electron chi connectivity index (χ1n) is 9.43. The molecular formula is C19H23FN4O5S. The number of fused-ring (bicyclic) bond motifs is 1. The fraction of sp³-hybridized carbons (Fsp3) is 0.421. The predicted molar refractivity (Wildman–Crippen MR) is 107 cm³/mol. The molecule has 1 aliphatic heterocycles. The second kappa shape index (κ2) is 8.92. The number of hydrogen-bond donors (Lipinski definition) is 2. The summed E-state index contributed by atoms with van der Waals surface area (Å²) < 4.78 is 42.7. The number of nitrogens with zero attached hydrogens (tertiary/aromatic N) is 2. The predicted octanol–water partition coefficient (Wildman–Crippen LogP) is 1.10. The lowest BCUT2D eigenvalue weighted by molar-refractivity contribution is 0.0943. The van der Waals surface area contributed by atoms with Gasteiger partial charge in [-0.1, -0.05) is 12.1 Å². The molecule has 0 radical (unpaired) electrons. The highest BCUT2D eigenvalue weighted by Crippen LogP contribution is 2.24. The molecule has 0 unspecified atom stereocenters. The SMILES string of the molecule is CN[C@H]1CCCCn2c1nc(C(=O)NCc1ccc(F)cc1)c(OS(C)(=O)=O)c2=O. The van der Waals surface area contributed by atoms with Crippen LogP contribution in [0.2, 0.25) is 0 Å². The molecule has 1 aromatic heterocycles. The molecule has 1 atom stereocenters. The van der Waals surface area contributed by atoms with E-state index in [0.717, 1.165) is 12.7 Å². The van der Waals surface area contributed by atoms with E-state index in [1.807, 2.05) is 0 Å². The van der Waals surface area contributed by atoms with Crippen LogP contribution in [0.15, 0.2) is 29.1 Å². The maximum atomic E-state index is 13.1. The molecule has 2 aromatic rings. The highest BCUT2D eigenvalue weighted by molar-refractivity contribution is 7.86. The second-order valence-electron chi connectivity index (χ2n) is 7.04. The van der Waals surface area contributed by atoms with Crippen LogP contribution >= 0.6 is 0 Å². The van der Waals surface area contributed by atoms with Gasteiger partial charge in [0.25, 0.3) is 11.5 Å². The third kappa shape index (κ3) is 5.03. The average molecular weight is 438 g/mol. The average Bonchev–Trinajstić information content (AvgIpc) is 2.90. The van der Waals surface area contributed by atoms with Crippen LogP contribution < -0.4 is 20.4 Å². The van der Waals surface area contributed by atoms with E-state index in [1.165, 1.54) is 28.8 Å². The Morgan fingerprint density at radius 3 is 2.63 bits per heavy atom. The zero-order valence-electron chi connectivity index (χ0n) is 16.6. The molecule has 0 fully saturated rings. The minimum Gasteiger partial charge on any atom is -0.374 e. The minimum absolute atomic E-state index is 0.0347. The second-order valence-corrected chi connectivity index (χ2v) is 8.61. The molecule has 0 saturated heterocycles. The number of carbonyl (C=O) groups is 1. The number of benzene rings is 1. The zero-order chi connectivity index (χ0) is 21.9. The number of carbonyl (C=O) groups excluding carboxylic acids is 1. The normalized spacial score (nSPS) is 16.4. The highest BCUT2D eigenvalue weighted by Gasteiger charge is 2.29. The van der Waals surface area contributed by atoms with Crippen LogP contribution in [-0.2, 0) is 23.2 Å². The summed E-state index contributed by atoms with van der Waals surface area (Å²) >= 11 is 0. The molecule has 0 saturated carbocycles. The fourth-order valence-electron chi connectivity index (χ4n) is 3.31. The molecule has 1 aromatic carbocycles. The van der Waals surface area contributed by atoms with Gasteiger partial charge in [-0.15, -0.1) is 0 Å². The molecule has 1 aliphatic rings. The van der Waals surface area contributed by atoms with Crippen molar-refractivity contribution in [2.24, 2.45) is 0 Å². The Bertz CT molecular complexity index is 1100. The van der Waals surface area contributed by atoms with Crippen LogP contribution in [0.4, 0.5) is 4.39 Å². The van der Waals surface area contributed by atoms with Crippen molar-refractivity contribution in [2.45, 2.75) is 38.4 Å². The van der Waals surface area contributed by atoms with Gasteiger partial charge in [0.15, 0.2) is 5.69 Å². The van der Waals surface area contributed by atoms with Gasteiger partial charge in [0.1, 0.15) is 11.6 Å². The molecule has 0 aliphatic carbocycles. The van der Waals surface area contributed by atoms with E-state index >= 15 is 0 Å². The number of halogens is 1. The zero-order valence-corrected chi connectivity index (χ0v) is 17.5. The van der Waals surface area contributed by atoms with E-state index < -0.39 is 38.8 Å². The van der Waals surface area contributed by atoms with E-state index in [2.05, 4.69) is 15.6 Å². The summed E-state index contributed by atoms with van der Waals surface area (Å²) in [7, 11) is -2.35. The molecule has 2 N–H and O–H groups in total. The molecule has 11 heteroatoms. The Kier molecular flexibility index (Phi) is 6.52. The van der Waals surface area contributed by atoms with Crippen LogP contribution in [0, 0.1) is 5.82 Å². The maximum absolute atomic E-state index is 13.1. The summed E-state index contributed by atoms with van der Waals surface area (Å²) in [6.07, 6.45) is 3.05. The molecule has 3 rings (SSSR count). The Labute approximate surface area is 173 Å². The smallest absolute Gasteiger partial charge is 0.306 e. The van der Waals surface area contributed by atoms with Crippen LogP contribution in [0.25, 0.3) is 0 Å². The van der Waals surface area contributed by atoms with Crippen molar-refractivity contribution in [3.8, 4) is 5.75 Å². The summed E-state index contributed by atoms with van der Waals surface area (Å²) in [4.78, 5) is 30.2. The molecule has 162 valence electrons. The largest absolute Gasteiger partial charge is 0.374 e. The molecule has 0 bridgehead atoms. The third-order valence-corrected chi connectivity index (χ3v) is 5.23. The topological polar surface area (TPSA) is 119 Å². The molecule has 0 spiro atoms. The van der Waals surface area contributed by atoms with E-state index in [-0.39, 0.29) is 12.6 Å². The number of amides is 1. The first-order valence-corrected chi connectivity index (χ1v) is 11.3. The summed E-state index contributed by atoms with van der Waals surface area (Å²) in [5, 5.41) is 5.65. The molecule has 1 amide bonds. The molecule has 9 nitrogen and oxygen atoms in total. The molecule has 2 heterocycles. The van der Waals surface area contributed by atoms with Gasteiger partial charge in [0, 0.05) is 13.1 Å². The van der Waals surface area contributed by atoms with Gasteiger partial charge in [0.2, 0.25) is 5.75 Å². The number of nitrogens with one attached hydrogen (secondary N) is 2. The van der Waals surface area contributed by atoms with Crippen LogP contribution in [-0.4, -0.2) is 37.2 Å². The lowest BCUT2D eigenvalue weighted by Crippen LogP contribution is -2.35. The van der Waals surface area contributed by atoms with Crippen molar-refractivity contribution >= 4 is 16.0 Å². The van der Waals surface area contributed by atoms with Crippen molar-refractivity contribution in [2.75, 3.05) is 13.3 Å². The monoisotopic (exact) mass is 438 g/mol. The Balaban J connectivity index is 2.02. The van der Waals surface area contributed by atoms with Crippen LogP contribution in [0.5, 0.6) is 5.75 Å². The molecular weight excluding hydrogens is 415 g/mol. The van der Waals surface area contributed by atoms with E-state index in [1.54, 1.807) is 7.05 Å². The summed E-state index contributed by atoms with van der Waals surface area (Å²) in [6, 6.07) is 5.24. The fourth-order valence-corrected chi connectivity index (χ4v) is 3.76. The first-order chi connectivity index (χ1) is 14.2. The minimum atomic E-state index is -4.07. The number of rotatable bonds is 6. The Morgan fingerprint density at radius 2 is 2.00 bits per heavy atom. The first kappa shape index (κ1) is 21.9. The molecule has 30 heavy (non-hydrogen) atoms. The van der Waals surface area contributed by atoms with Gasteiger partial charge in [-0.05, 0) is 44.0 Å². The van der Waals surface area contributed by atoms with E-state index in [9.17, 15) is 22.4 Å². The highest BCUT2D eigenvalue weighted by atomic mass is 32.2. The summed E-state index contributed by atoms with van der Waals surface area (Å²) in [5.41, 5.74) is -0.504. The number of aromatic nitrogens is 2. The van der Waals surface area contributed by atoms with Gasteiger partial charge in [-0.3, -0.25) is 14.2 Å². The van der Waals surface area contributed by atoms with Crippen molar-refractivity contribution in [3.05, 3.63) is 57.5 Å². The van der Waals surface area contributed by atoms with Gasteiger partial charge in [-0.2, -0.15) is 8.42 Å². The van der Waals surface area contributed by atoms with Gasteiger partial charge < -0.3 is 14.8 Å². The quantitative estimate of drug-likeness (QED) is 0.648. The van der Waals surface area contributed by atoms with E-state index in [4.69, 9.17) is 4.18 Å². The Morgan fingerprint density at radius 1 is 1.30 bits per heavy atom. The summed E-state index contributed by atoms with van der Waals surface area (Å²) in [6.45, 7) is 0.379. The van der Waals surface area contributed by atoms with Crippen molar-refractivity contribution in [1.82, 2.24) is 20.2 Å². The lowest BCUT2D eigenvalue weighted by Gasteiger charge is -2.19. The van der Waals surface area contributed by atoms with Crippen molar-refractivity contribution in [3.63, 3.8) is 0 Å². The van der Waals surface area contributed by atoms with Gasteiger partial charge in [0.05, 0.1) is 12.3 Å². The van der Waals surface area contributed by atoms with Crippen molar-refractivity contribution in [1.29, 1.82) is 0 Å². The standard InChI is InChI=1S/C19H23FN4O5S/c1-21-14-5-3-4-10-24-17(14)23-15(16(19(24)26)29-30(2,27)28)18(25)22-11-12-6-8-13(20)9-7-12/h6-9,14,21H,3-5,10-11H2,1-2H3,(H,22,25)/t14-/m0/s1. The van der Waals surface area contributed by atoms with Gasteiger partial charge in [-0.25, -0.2) is 9.37 Å². The third-order valence-electron chi connectivity index (χ3n) is 4.76. The van der Waals surface area contributed by atoms with Crippen LogP contribution in [0.1, 0.15) is 47.2 Å². The lowest BCUT2D eigenvalue weighted by atomic mass is 10.1.